The number of rotatable bonds is 6. The summed E-state index contributed by atoms with van der Waals surface area (Å²) in [5.74, 6) is 0.471. The van der Waals surface area contributed by atoms with Crippen molar-refractivity contribution < 1.29 is 4.79 Å². The van der Waals surface area contributed by atoms with Gasteiger partial charge in [0.25, 0.3) is 0 Å². The fourth-order valence-corrected chi connectivity index (χ4v) is 2.64. The average Bonchev–Trinajstić information content (AvgIpc) is 3.02. The van der Waals surface area contributed by atoms with Gasteiger partial charge in [-0.2, -0.15) is 0 Å². The Labute approximate surface area is 106 Å². The first kappa shape index (κ1) is 12.4. The largest absolute Gasteiger partial charge is 0.397 e. The minimum absolute atomic E-state index is 0.230. The molecule has 0 spiro atoms. The number of ketones is 1. The number of likely N-dealkylation sites (N-methyl/N-ethyl adjacent to an activating group) is 1. The summed E-state index contributed by atoms with van der Waals surface area (Å²) < 4.78 is 0. The summed E-state index contributed by atoms with van der Waals surface area (Å²) in [6.45, 7) is 1.83. The number of nitrogens with zero attached hydrogens (tertiary/aromatic N) is 1. The first-order valence-electron chi connectivity index (χ1n) is 5.90. The second kappa shape index (κ2) is 5.06. The molecule has 0 aliphatic heterocycles. The van der Waals surface area contributed by atoms with Crippen molar-refractivity contribution in [3.8, 4) is 0 Å². The van der Waals surface area contributed by atoms with E-state index in [2.05, 4.69) is 10.2 Å². The number of carbonyl (C=O) groups excluding carboxylic acids is 1. The highest BCUT2D eigenvalue weighted by atomic mass is 32.1. The molecule has 1 aromatic heterocycles. The summed E-state index contributed by atoms with van der Waals surface area (Å²) in [5.41, 5.74) is 6.50. The molecule has 1 saturated carbocycles. The zero-order chi connectivity index (χ0) is 12.4. The molecule has 1 aliphatic carbocycles. The van der Waals surface area contributed by atoms with Crippen LogP contribution in [0.2, 0.25) is 0 Å². The number of nitrogens with one attached hydrogen (secondary N) is 1. The second-order valence-electron chi connectivity index (χ2n) is 4.76. The predicted molar refractivity (Wildman–Crippen MR) is 72.8 cm³/mol. The van der Waals surface area contributed by atoms with E-state index in [1.807, 2.05) is 20.2 Å². The van der Waals surface area contributed by atoms with Crippen LogP contribution in [0, 0.1) is 5.92 Å². The Kier molecular flexibility index (Phi) is 3.69. The van der Waals surface area contributed by atoms with Gasteiger partial charge in [0.2, 0.25) is 0 Å². The van der Waals surface area contributed by atoms with E-state index in [9.17, 15) is 4.79 Å². The van der Waals surface area contributed by atoms with E-state index in [4.69, 9.17) is 5.73 Å². The van der Waals surface area contributed by atoms with Crippen LogP contribution in [-0.4, -0.2) is 37.9 Å². The van der Waals surface area contributed by atoms with Crippen LogP contribution in [-0.2, 0) is 0 Å². The van der Waals surface area contributed by atoms with Gasteiger partial charge in [-0.1, -0.05) is 0 Å². The molecule has 0 atom stereocenters. The molecule has 17 heavy (non-hydrogen) atoms. The molecule has 0 bridgehead atoms. The van der Waals surface area contributed by atoms with Crippen molar-refractivity contribution in [2.24, 2.45) is 5.92 Å². The summed E-state index contributed by atoms with van der Waals surface area (Å²) in [7, 11) is 4.07. The maximum Gasteiger partial charge on any atom is 0.178 e. The quantitative estimate of drug-likeness (QED) is 0.760. The summed E-state index contributed by atoms with van der Waals surface area (Å²) in [6, 6.07) is 1.87. The Bertz CT molecular complexity index is 410. The van der Waals surface area contributed by atoms with Crippen LogP contribution < -0.4 is 11.1 Å². The van der Waals surface area contributed by atoms with Crippen LogP contribution in [0.4, 0.5) is 10.7 Å². The first-order chi connectivity index (χ1) is 8.08. The maximum absolute atomic E-state index is 11.9. The molecular formula is C12H19N3OS. The number of thiophene rings is 1. The van der Waals surface area contributed by atoms with E-state index in [1.165, 1.54) is 11.3 Å². The van der Waals surface area contributed by atoms with Crippen LogP contribution in [0.15, 0.2) is 6.07 Å². The van der Waals surface area contributed by atoms with Crippen molar-refractivity contribution in [2.45, 2.75) is 12.8 Å². The molecule has 94 valence electrons. The van der Waals surface area contributed by atoms with Gasteiger partial charge in [0.15, 0.2) is 5.78 Å². The van der Waals surface area contributed by atoms with E-state index in [1.54, 1.807) is 0 Å². The molecule has 0 radical (unpaired) electrons. The van der Waals surface area contributed by atoms with Gasteiger partial charge in [-0.3, -0.25) is 4.79 Å². The summed E-state index contributed by atoms with van der Waals surface area (Å²) in [4.78, 5) is 14.8. The minimum atomic E-state index is 0.230. The number of nitrogen functional groups attached to an aromatic ring is 1. The maximum atomic E-state index is 11.9. The van der Waals surface area contributed by atoms with Gasteiger partial charge in [0, 0.05) is 19.0 Å². The number of hydrogen-bond donors (Lipinski definition) is 2. The molecule has 1 fully saturated rings. The van der Waals surface area contributed by atoms with Crippen molar-refractivity contribution in [3.05, 3.63) is 10.9 Å². The highest BCUT2D eigenvalue weighted by molar-refractivity contribution is 7.18. The Hall–Kier alpha value is -1.07. The molecule has 4 nitrogen and oxygen atoms in total. The SMILES string of the molecule is CN(C)CCNc1cc(N)c(C(=O)C2CC2)s1. The molecule has 3 N–H and O–H groups in total. The number of hydrogen-bond acceptors (Lipinski definition) is 5. The van der Waals surface area contributed by atoms with Crippen LogP contribution in [0.5, 0.6) is 0 Å². The highest BCUT2D eigenvalue weighted by Crippen LogP contribution is 2.38. The first-order valence-corrected chi connectivity index (χ1v) is 6.71. The molecule has 1 heterocycles. The van der Waals surface area contributed by atoms with Gasteiger partial charge in [-0.25, -0.2) is 0 Å². The van der Waals surface area contributed by atoms with E-state index >= 15 is 0 Å². The highest BCUT2D eigenvalue weighted by Gasteiger charge is 2.32. The van der Waals surface area contributed by atoms with Crippen molar-refractivity contribution in [3.63, 3.8) is 0 Å². The van der Waals surface area contributed by atoms with Crippen molar-refractivity contribution in [1.29, 1.82) is 0 Å². The van der Waals surface area contributed by atoms with E-state index in [0.29, 0.717) is 5.69 Å². The van der Waals surface area contributed by atoms with Gasteiger partial charge in [0.1, 0.15) is 0 Å². The monoisotopic (exact) mass is 253 g/mol. The lowest BCUT2D eigenvalue weighted by molar-refractivity contribution is 0.0972. The van der Waals surface area contributed by atoms with E-state index < -0.39 is 0 Å². The predicted octanol–water partition coefficient (Wildman–Crippen LogP) is 1.90. The third-order valence-electron chi connectivity index (χ3n) is 2.79. The summed E-state index contributed by atoms with van der Waals surface area (Å²) >= 11 is 1.48. The zero-order valence-electron chi connectivity index (χ0n) is 10.3. The van der Waals surface area contributed by atoms with Crippen molar-refractivity contribution in [2.75, 3.05) is 38.2 Å². The minimum Gasteiger partial charge on any atom is -0.397 e. The standard InChI is InChI=1S/C12H19N3OS/c1-15(2)6-5-14-10-7-9(13)12(17-10)11(16)8-3-4-8/h7-8,14H,3-6,13H2,1-2H3. The molecule has 0 unspecified atom stereocenters. The van der Waals surface area contributed by atoms with Gasteiger partial charge in [0.05, 0.1) is 15.6 Å². The van der Waals surface area contributed by atoms with Gasteiger partial charge in [-0.15, -0.1) is 11.3 Å². The van der Waals surface area contributed by atoms with E-state index in [0.717, 1.165) is 35.8 Å². The lowest BCUT2D eigenvalue weighted by Crippen LogP contribution is -2.20. The molecule has 5 heteroatoms. The van der Waals surface area contributed by atoms with Crippen LogP contribution in [0.25, 0.3) is 0 Å². The summed E-state index contributed by atoms with van der Waals surface area (Å²) in [5, 5.41) is 4.29. The number of carbonyl (C=O) groups is 1. The van der Waals surface area contributed by atoms with Crippen LogP contribution >= 0.6 is 11.3 Å². The molecule has 0 amide bonds. The lowest BCUT2D eigenvalue weighted by atomic mass is 10.2. The number of nitrogens with two attached hydrogens (primary N) is 1. The summed E-state index contributed by atoms with van der Waals surface area (Å²) in [6.07, 6.45) is 2.05. The molecule has 0 aromatic carbocycles. The van der Waals surface area contributed by atoms with E-state index in [-0.39, 0.29) is 11.7 Å². The number of Topliss-reactive ketones (excluding diaryl/α,β-unsaturated/α-hetero) is 1. The fraction of sp³-hybridized carbons (Fsp3) is 0.583. The molecular weight excluding hydrogens is 234 g/mol. The molecule has 2 rings (SSSR count). The van der Waals surface area contributed by atoms with Gasteiger partial charge in [-0.05, 0) is 33.0 Å². The lowest BCUT2D eigenvalue weighted by Gasteiger charge is -2.09. The Morgan fingerprint density at radius 1 is 1.59 bits per heavy atom. The van der Waals surface area contributed by atoms with Crippen molar-refractivity contribution in [1.82, 2.24) is 4.90 Å². The van der Waals surface area contributed by atoms with Crippen molar-refractivity contribution >= 4 is 27.8 Å². The second-order valence-corrected chi connectivity index (χ2v) is 5.82. The Morgan fingerprint density at radius 3 is 2.88 bits per heavy atom. The Morgan fingerprint density at radius 2 is 2.29 bits per heavy atom. The average molecular weight is 253 g/mol. The normalized spacial score (nSPS) is 15.2. The molecule has 1 aliphatic rings. The molecule has 1 aromatic rings. The van der Waals surface area contributed by atoms with Gasteiger partial charge >= 0.3 is 0 Å². The third kappa shape index (κ3) is 3.20. The van der Waals surface area contributed by atoms with Crippen LogP contribution in [0.1, 0.15) is 22.5 Å². The third-order valence-corrected chi connectivity index (χ3v) is 3.91. The number of anilines is 2. The Balaban J connectivity index is 1.95. The fourth-order valence-electron chi connectivity index (χ4n) is 1.62. The van der Waals surface area contributed by atoms with Gasteiger partial charge < -0.3 is 16.0 Å². The topological polar surface area (TPSA) is 58.4 Å². The zero-order valence-corrected chi connectivity index (χ0v) is 11.1. The molecule has 0 saturated heterocycles. The smallest absolute Gasteiger partial charge is 0.178 e. The van der Waals surface area contributed by atoms with Crippen LogP contribution in [0.3, 0.4) is 0 Å².